The third-order valence-electron chi connectivity index (χ3n) is 3.37. The topological polar surface area (TPSA) is 62.2 Å². The van der Waals surface area contributed by atoms with Crippen LogP contribution >= 0.6 is 0 Å². The van der Waals surface area contributed by atoms with Crippen molar-refractivity contribution in [2.75, 3.05) is 19.0 Å². The first kappa shape index (κ1) is 16.8. The predicted octanol–water partition coefficient (Wildman–Crippen LogP) is 1.98. The molecule has 1 atom stereocenters. The molecule has 0 fully saturated rings. The summed E-state index contributed by atoms with van der Waals surface area (Å²) in [4.78, 5) is 17.5. The third-order valence-corrected chi connectivity index (χ3v) is 3.37. The summed E-state index contributed by atoms with van der Waals surface area (Å²) in [6.07, 6.45) is 5.23. The van der Waals surface area contributed by atoms with Gasteiger partial charge in [-0.3, -0.25) is 0 Å². The standard InChI is InChI=1S/C16H22FN5O/c1-12(10-22-7-6-18-11-22)20-16(23)19-9-13-4-5-15(21(2)3)14(17)8-13/h4-8,11-12H,9-10H2,1-3H3,(H2,19,20,23)/t12-/m1/s1. The van der Waals surface area contributed by atoms with Gasteiger partial charge in [-0.15, -0.1) is 0 Å². The van der Waals surface area contributed by atoms with E-state index in [4.69, 9.17) is 0 Å². The van der Waals surface area contributed by atoms with Gasteiger partial charge in [-0.1, -0.05) is 6.07 Å². The fourth-order valence-corrected chi connectivity index (χ4v) is 2.24. The largest absolute Gasteiger partial charge is 0.375 e. The molecule has 2 aromatic rings. The summed E-state index contributed by atoms with van der Waals surface area (Å²) >= 11 is 0. The van der Waals surface area contributed by atoms with E-state index in [0.717, 1.165) is 0 Å². The van der Waals surface area contributed by atoms with Gasteiger partial charge in [-0.05, 0) is 24.6 Å². The summed E-state index contributed by atoms with van der Waals surface area (Å²) in [7, 11) is 3.57. The zero-order chi connectivity index (χ0) is 16.8. The molecular weight excluding hydrogens is 297 g/mol. The molecule has 0 aliphatic carbocycles. The molecule has 1 heterocycles. The number of urea groups is 1. The first-order chi connectivity index (χ1) is 11.0. The van der Waals surface area contributed by atoms with Crippen molar-refractivity contribution in [1.82, 2.24) is 20.2 Å². The fourth-order valence-electron chi connectivity index (χ4n) is 2.24. The number of amides is 2. The van der Waals surface area contributed by atoms with Crippen LogP contribution in [0.4, 0.5) is 14.9 Å². The van der Waals surface area contributed by atoms with Crippen LogP contribution in [0.5, 0.6) is 0 Å². The van der Waals surface area contributed by atoms with Crippen molar-refractivity contribution < 1.29 is 9.18 Å². The Morgan fingerprint density at radius 3 is 2.83 bits per heavy atom. The Balaban J connectivity index is 1.81. The minimum absolute atomic E-state index is 0.0444. The number of benzene rings is 1. The van der Waals surface area contributed by atoms with Crippen molar-refractivity contribution in [2.24, 2.45) is 0 Å². The lowest BCUT2D eigenvalue weighted by atomic mass is 10.2. The number of carbonyl (C=O) groups excluding carboxylic acids is 1. The first-order valence-electron chi connectivity index (χ1n) is 7.41. The molecular formula is C16H22FN5O. The normalized spacial score (nSPS) is 11.8. The Kier molecular flexibility index (Phi) is 5.56. The van der Waals surface area contributed by atoms with Gasteiger partial charge in [-0.2, -0.15) is 0 Å². The van der Waals surface area contributed by atoms with E-state index >= 15 is 0 Å². The Morgan fingerprint density at radius 2 is 2.22 bits per heavy atom. The van der Waals surface area contributed by atoms with Crippen LogP contribution < -0.4 is 15.5 Å². The number of imidazole rings is 1. The van der Waals surface area contributed by atoms with E-state index in [0.29, 0.717) is 17.8 Å². The molecule has 0 spiro atoms. The zero-order valence-electron chi connectivity index (χ0n) is 13.6. The van der Waals surface area contributed by atoms with E-state index in [1.54, 1.807) is 43.7 Å². The second-order valence-corrected chi connectivity index (χ2v) is 5.67. The first-order valence-corrected chi connectivity index (χ1v) is 7.41. The van der Waals surface area contributed by atoms with Gasteiger partial charge < -0.3 is 20.1 Å². The Morgan fingerprint density at radius 1 is 1.43 bits per heavy atom. The SMILES string of the molecule is C[C@H](Cn1ccnc1)NC(=O)NCc1ccc(N(C)C)c(F)c1. The Hall–Kier alpha value is -2.57. The van der Waals surface area contributed by atoms with Crippen molar-refractivity contribution in [1.29, 1.82) is 0 Å². The second kappa shape index (κ2) is 7.62. The maximum atomic E-state index is 13.9. The molecule has 0 saturated carbocycles. The molecule has 2 amide bonds. The molecule has 0 radical (unpaired) electrons. The van der Waals surface area contributed by atoms with Crippen LogP contribution in [-0.2, 0) is 13.1 Å². The molecule has 0 aliphatic heterocycles. The fraction of sp³-hybridized carbons (Fsp3) is 0.375. The van der Waals surface area contributed by atoms with E-state index in [1.165, 1.54) is 6.07 Å². The molecule has 2 N–H and O–H groups in total. The van der Waals surface area contributed by atoms with Crippen LogP contribution in [0.25, 0.3) is 0 Å². The lowest BCUT2D eigenvalue weighted by molar-refractivity contribution is 0.236. The van der Waals surface area contributed by atoms with E-state index in [-0.39, 0.29) is 24.4 Å². The molecule has 23 heavy (non-hydrogen) atoms. The summed E-state index contributed by atoms with van der Waals surface area (Å²) in [6, 6.07) is 4.61. The summed E-state index contributed by atoms with van der Waals surface area (Å²) in [6.45, 7) is 2.82. The van der Waals surface area contributed by atoms with Gasteiger partial charge in [-0.25, -0.2) is 14.2 Å². The molecule has 1 aromatic carbocycles. The van der Waals surface area contributed by atoms with E-state index in [9.17, 15) is 9.18 Å². The molecule has 0 aliphatic rings. The number of aromatic nitrogens is 2. The average Bonchev–Trinajstić information content (AvgIpc) is 2.97. The highest BCUT2D eigenvalue weighted by molar-refractivity contribution is 5.74. The minimum atomic E-state index is -0.303. The maximum absolute atomic E-state index is 13.9. The van der Waals surface area contributed by atoms with Crippen molar-refractivity contribution in [2.45, 2.75) is 26.1 Å². The van der Waals surface area contributed by atoms with Gasteiger partial charge in [0.2, 0.25) is 0 Å². The molecule has 0 bridgehead atoms. The summed E-state index contributed by atoms with van der Waals surface area (Å²) in [5, 5.41) is 5.56. The molecule has 2 rings (SSSR count). The number of halogens is 1. The number of hydrogen-bond acceptors (Lipinski definition) is 3. The molecule has 7 heteroatoms. The zero-order valence-corrected chi connectivity index (χ0v) is 13.6. The van der Waals surface area contributed by atoms with Crippen LogP contribution in [0.15, 0.2) is 36.9 Å². The van der Waals surface area contributed by atoms with E-state index in [1.807, 2.05) is 17.7 Å². The Labute approximate surface area is 135 Å². The van der Waals surface area contributed by atoms with Crippen LogP contribution in [0.1, 0.15) is 12.5 Å². The quantitative estimate of drug-likeness (QED) is 0.856. The maximum Gasteiger partial charge on any atom is 0.315 e. The van der Waals surface area contributed by atoms with Gasteiger partial charge in [0.1, 0.15) is 5.82 Å². The molecule has 0 saturated heterocycles. The highest BCUT2D eigenvalue weighted by Crippen LogP contribution is 2.18. The summed E-state index contributed by atoms with van der Waals surface area (Å²) < 4.78 is 15.8. The van der Waals surface area contributed by atoms with Crippen LogP contribution in [0.2, 0.25) is 0 Å². The number of anilines is 1. The lowest BCUT2D eigenvalue weighted by Crippen LogP contribution is -2.42. The number of carbonyl (C=O) groups is 1. The number of hydrogen-bond donors (Lipinski definition) is 2. The third kappa shape index (κ3) is 4.98. The number of nitrogens with one attached hydrogen (secondary N) is 2. The predicted molar refractivity (Wildman–Crippen MR) is 87.8 cm³/mol. The number of nitrogens with zero attached hydrogens (tertiary/aromatic N) is 3. The van der Waals surface area contributed by atoms with Gasteiger partial charge in [0, 0.05) is 45.6 Å². The lowest BCUT2D eigenvalue weighted by Gasteiger charge is -2.16. The van der Waals surface area contributed by atoms with Gasteiger partial charge >= 0.3 is 6.03 Å². The molecule has 6 nitrogen and oxygen atoms in total. The van der Waals surface area contributed by atoms with Gasteiger partial charge in [0.05, 0.1) is 12.0 Å². The Bertz CT molecular complexity index is 642. The van der Waals surface area contributed by atoms with E-state index in [2.05, 4.69) is 15.6 Å². The van der Waals surface area contributed by atoms with Crippen molar-refractivity contribution in [3.8, 4) is 0 Å². The molecule has 0 unspecified atom stereocenters. The average molecular weight is 319 g/mol. The van der Waals surface area contributed by atoms with Crippen LogP contribution in [0, 0.1) is 5.82 Å². The van der Waals surface area contributed by atoms with Crippen LogP contribution in [0.3, 0.4) is 0 Å². The minimum Gasteiger partial charge on any atom is -0.375 e. The number of rotatable bonds is 6. The smallest absolute Gasteiger partial charge is 0.315 e. The summed E-state index contributed by atoms with van der Waals surface area (Å²) in [5.41, 5.74) is 1.23. The summed E-state index contributed by atoms with van der Waals surface area (Å²) in [5.74, 6) is -0.303. The second-order valence-electron chi connectivity index (χ2n) is 5.67. The molecule has 1 aromatic heterocycles. The highest BCUT2D eigenvalue weighted by Gasteiger charge is 2.09. The monoisotopic (exact) mass is 319 g/mol. The van der Waals surface area contributed by atoms with E-state index < -0.39 is 0 Å². The van der Waals surface area contributed by atoms with Crippen LogP contribution in [-0.4, -0.2) is 35.7 Å². The highest BCUT2D eigenvalue weighted by atomic mass is 19.1. The van der Waals surface area contributed by atoms with Gasteiger partial charge in [0.25, 0.3) is 0 Å². The van der Waals surface area contributed by atoms with Crippen molar-refractivity contribution in [3.05, 3.63) is 48.3 Å². The van der Waals surface area contributed by atoms with Crippen molar-refractivity contribution >= 4 is 11.7 Å². The molecule has 124 valence electrons. The van der Waals surface area contributed by atoms with Gasteiger partial charge in [0.15, 0.2) is 0 Å². The van der Waals surface area contributed by atoms with Crippen molar-refractivity contribution in [3.63, 3.8) is 0 Å².